The lowest BCUT2D eigenvalue weighted by atomic mass is 10.0. The highest BCUT2D eigenvalue weighted by Crippen LogP contribution is 2.14. The highest BCUT2D eigenvalue weighted by atomic mass is 16.5. The summed E-state index contributed by atoms with van der Waals surface area (Å²) in [6, 6.07) is 0. The molecule has 0 spiro atoms. The Hall–Kier alpha value is -0.790. The summed E-state index contributed by atoms with van der Waals surface area (Å²) in [4.78, 5) is 11.3. The van der Waals surface area contributed by atoms with Crippen molar-refractivity contribution in [3.8, 4) is 0 Å². The van der Waals surface area contributed by atoms with Crippen molar-refractivity contribution < 1.29 is 9.53 Å². The van der Waals surface area contributed by atoms with Gasteiger partial charge in [0.2, 0.25) is 0 Å². The molecule has 1 unspecified atom stereocenters. The molecule has 0 radical (unpaired) electrons. The monoisotopic (exact) mass is 296 g/mol. The minimum atomic E-state index is -0.259. The van der Waals surface area contributed by atoms with E-state index in [1.165, 1.54) is 64.2 Å². The molecule has 0 aliphatic heterocycles. The molecule has 21 heavy (non-hydrogen) atoms. The van der Waals surface area contributed by atoms with Crippen LogP contribution in [-0.2, 0) is 9.53 Å². The molecule has 0 aliphatic carbocycles. The molecule has 124 valence electrons. The highest BCUT2D eigenvalue weighted by molar-refractivity contribution is 5.86. The molecule has 0 saturated carbocycles. The first-order valence-electron chi connectivity index (χ1n) is 8.90. The third-order valence-corrected chi connectivity index (χ3v) is 3.90. The average molecular weight is 296 g/mol. The fourth-order valence-corrected chi connectivity index (χ4v) is 2.40. The van der Waals surface area contributed by atoms with Crippen LogP contribution in [0.3, 0.4) is 0 Å². The van der Waals surface area contributed by atoms with Crippen LogP contribution in [0.2, 0.25) is 0 Å². The molecule has 0 saturated heterocycles. The Bertz CT molecular complexity index is 271. The predicted octanol–water partition coefficient (Wildman–Crippen LogP) is 6.05. The van der Waals surface area contributed by atoms with Crippen molar-refractivity contribution in [1.29, 1.82) is 0 Å². The second kappa shape index (κ2) is 14.2. The Morgan fingerprint density at radius 3 is 1.90 bits per heavy atom. The molecule has 2 heteroatoms. The van der Waals surface area contributed by atoms with Crippen molar-refractivity contribution in [2.45, 2.75) is 91.4 Å². The molecular formula is C19H36O2. The van der Waals surface area contributed by atoms with Crippen molar-refractivity contribution in [3.05, 3.63) is 12.2 Å². The van der Waals surface area contributed by atoms with Crippen LogP contribution in [0.25, 0.3) is 0 Å². The van der Waals surface area contributed by atoms with E-state index in [4.69, 9.17) is 4.74 Å². The molecule has 2 nitrogen and oxygen atoms in total. The summed E-state index contributed by atoms with van der Waals surface area (Å²) < 4.78 is 5.17. The van der Waals surface area contributed by atoms with Crippen LogP contribution in [0.5, 0.6) is 0 Å². The molecule has 0 aromatic heterocycles. The van der Waals surface area contributed by atoms with Crippen LogP contribution >= 0.6 is 0 Å². The summed E-state index contributed by atoms with van der Waals surface area (Å²) in [5.74, 6) is 0.201. The van der Waals surface area contributed by atoms with Gasteiger partial charge in [-0.15, -0.1) is 0 Å². The molecule has 0 aromatic rings. The highest BCUT2D eigenvalue weighted by Gasteiger charge is 2.07. The summed E-state index contributed by atoms with van der Waals surface area (Å²) in [6.45, 7) is 10.2. The van der Waals surface area contributed by atoms with Gasteiger partial charge in [-0.05, 0) is 19.3 Å². The van der Waals surface area contributed by atoms with Gasteiger partial charge in [0.15, 0.2) is 0 Å². The molecule has 0 N–H and O–H groups in total. The number of unbranched alkanes of at least 4 members (excludes halogenated alkanes) is 9. The number of hydrogen-bond acceptors (Lipinski definition) is 2. The number of ether oxygens (including phenoxy) is 1. The molecule has 0 amide bonds. The van der Waals surface area contributed by atoms with Crippen molar-refractivity contribution in [1.82, 2.24) is 0 Å². The SMILES string of the molecule is C=C(C)C(=O)OCC(C)CCCCCCCCCCCC. The number of hydrogen-bond donors (Lipinski definition) is 0. The third kappa shape index (κ3) is 13.9. The molecule has 0 fully saturated rings. The molecular weight excluding hydrogens is 260 g/mol. The minimum Gasteiger partial charge on any atom is -0.462 e. The zero-order valence-corrected chi connectivity index (χ0v) is 14.6. The summed E-state index contributed by atoms with van der Waals surface area (Å²) in [6.07, 6.45) is 14.8. The van der Waals surface area contributed by atoms with E-state index in [1.54, 1.807) is 6.92 Å². The Balaban J connectivity index is 3.27. The van der Waals surface area contributed by atoms with Gasteiger partial charge in [0, 0.05) is 5.57 Å². The van der Waals surface area contributed by atoms with Crippen LogP contribution in [0.15, 0.2) is 12.2 Å². The Morgan fingerprint density at radius 1 is 0.952 bits per heavy atom. The van der Waals surface area contributed by atoms with Gasteiger partial charge in [-0.1, -0.05) is 84.6 Å². The average Bonchev–Trinajstić information content (AvgIpc) is 2.46. The number of esters is 1. The molecule has 0 rings (SSSR count). The maximum Gasteiger partial charge on any atom is 0.333 e. The van der Waals surface area contributed by atoms with E-state index in [0.29, 0.717) is 18.1 Å². The van der Waals surface area contributed by atoms with Crippen LogP contribution in [-0.4, -0.2) is 12.6 Å². The van der Waals surface area contributed by atoms with Crippen molar-refractivity contribution in [3.63, 3.8) is 0 Å². The number of rotatable bonds is 14. The summed E-state index contributed by atoms with van der Waals surface area (Å²) >= 11 is 0. The van der Waals surface area contributed by atoms with Gasteiger partial charge in [-0.2, -0.15) is 0 Å². The number of carbonyl (C=O) groups is 1. The van der Waals surface area contributed by atoms with Crippen LogP contribution in [0.4, 0.5) is 0 Å². The fraction of sp³-hybridized carbons (Fsp3) is 0.842. The molecule has 0 aliphatic rings. The van der Waals surface area contributed by atoms with Crippen molar-refractivity contribution >= 4 is 5.97 Å². The van der Waals surface area contributed by atoms with Gasteiger partial charge < -0.3 is 4.74 Å². The second-order valence-electron chi connectivity index (χ2n) is 6.45. The predicted molar refractivity (Wildman–Crippen MR) is 91.4 cm³/mol. The second-order valence-corrected chi connectivity index (χ2v) is 6.45. The zero-order chi connectivity index (χ0) is 15.9. The lowest BCUT2D eigenvalue weighted by molar-refractivity contribution is -0.140. The maximum atomic E-state index is 11.3. The van der Waals surface area contributed by atoms with Gasteiger partial charge in [-0.25, -0.2) is 4.79 Å². The molecule has 1 atom stereocenters. The van der Waals surface area contributed by atoms with Crippen molar-refractivity contribution in [2.75, 3.05) is 6.61 Å². The third-order valence-electron chi connectivity index (χ3n) is 3.90. The molecule has 0 aromatic carbocycles. The van der Waals surface area contributed by atoms with E-state index in [1.807, 2.05) is 0 Å². The van der Waals surface area contributed by atoms with Crippen LogP contribution in [0.1, 0.15) is 91.4 Å². The lowest BCUT2D eigenvalue weighted by Gasteiger charge is -2.11. The summed E-state index contributed by atoms with van der Waals surface area (Å²) in [5.41, 5.74) is 0.487. The largest absolute Gasteiger partial charge is 0.462 e. The Labute approximate surface area is 132 Å². The first-order chi connectivity index (χ1) is 10.1. The molecule has 0 bridgehead atoms. The first kappa shape index (κ1) is 20.2. The standard InChI is InChI=1S/C19H36O2/c1-5-6-7-8-9-10-11-12-13-14-15-18(4)16-21-19(20)17(2)3/h18H,2,5-16H2,1,3-4H3. The van der Waals surface area contributed by atoms with E-state index in [2.05, 4.69) is 20.4 Å². The normalized spacial score (nSPS) is 12.1. The summed E-state index contributed by atoms with van der Waals surface area (Å²) in [7, 11) is 0. The fourth-order valence-electron chi connectivity index (χ4n) is 2.40. The van der Waals surface area contributed by atoms with Gasteiger partial charge in [-0.3, -0.25) is 0 Å². The van der Waals surface area contributed by atoms with E-state index in [9.17, 15) is 4.79 Å². The lowest BCUT2D eigenvalue weighted by Crippen LogP contribution is -2.12. The van der Waals surface area contributed by atoms with Gasteiger partial charge in [0.05, 0.1) is 6.61 Å². The minimum absolute atomic E-state index is 0.259. The maximum absolute atomic E-state index is 11.3. The van der Waals surface area contributed by atoms with E-state index >= 15 is 0 Å². The van der Waals surface area contributed by atoms with Gasteiger partial charge >= 0.3 is 5.97 Å². The smallest absolute Gasteiger partial charge is 0.333 e. The van der Waals surface area contributed by atoms with E-state index in [-0.39, 0.29) is 5.97 Å². The number of carbonyl (C=O) groups excluding carboxylic acids is 1. The summed E-state index contributed by atoms with van der Waals surface area (Å²) in [5, 5.41) is 0. The quantitative estimate of drug-likeness (QED) is 0.221. The van der Waals surface area contributed by atoms with Crippen LogP contribution < -0.4 is 0 Å². The Morgan fingerprint density at radius 2 is 1.43 bits per heavy atom. The zero-order valence-electron chi connectivity index (χ0n) is 14.6. The first-order valence-corrected chi connectivity index (χ1v) is 8.90. The van der Waals surface area contributed by atoms with Gasteiger partial charge in [0.1, 0.15) is 0 Å². The van der Waals surface area contributed by atoms with Gasteiger partial charge in [0.25, 0.3) is 0 Å². The Kier molecular flexibility index (Phi) is 13.6. The van der Waals surface area contributed by atoms with E-state index < -0.39 is 0 Å². The van der Waals surface area contributed by atoms with E-state index in [0.717, 1.165) is 6.42 Å². The topological polar surface area (TPSA) is 26.3 Å². The van der Waals surface area contributed by atoms with Crippen LogP contribution in [0, 0.1) is 5.92 Å². The molecule has 0 heterocycles. The van der Waals surface area contributed by atoms with Crippen molar-refractivity contribution in [2.24, 2.45) is 5.92 Å².